The third-order valence-electron chi connectivity index (χ3n) is 4.39. The van der Waals surface area contributed by atoms with Gasteiger partial charge in [-0.2, -0.15) is 5.10 Å². The van der Waals surface area contributed by atoms with E-state index >= 15 is 0 Å². The molecule has 0 unspecified atom stereocenters. The van der Waals surface area contributed by atoms with E-state index in [1.54, 1.807) is 54.6 Å². The predicted molar refractivity (Wildman–Crippen MR) is 117 cm³/mol. The summed E-state index contributed by atoms with van der Waals surface area (Å²) in [6.07, 6.45) is 1.46. The average molecular weight is 418 g/mol. The van der Waals surface area contributed by atoms with Crippen LogP contribution in [-0.2, 0) is 0 Å². The Morgan fingerprint density at radius 3 is 2.35 bits per heavy atom. The molecule has 31 heavy (non-hydrogen) atoms. The lowest BCUT2D eigenvalue weighted by atomic mass is 10.1. The standard InChI is InChI=1S/C24H22N2O5/c1-16-7-10-18(11-8-16)24(28)31-21-12-9-17(13-22(21)30-3)15-25-26-23(27)19-5-4-6-20(14-19)29-2/h4-15H,1-3H3,(H,26,27)/b25-15-. The van der Waals surface area contributed by atoms with Gasteiger partial charge in [-0.15, -0.1) is 0 Å². The van der Waals surface area contributed by atoms with Crippen LogP contribution in [0.5, 0.6) is 17.2 Å². The zero-order chi connectivity index (χ0) is 22.2. The Morgan fingerprint density at radius 2 is 1.65 bits per heavy atom. The number of rotatable bonds is 7. The van der Waals surface area contributed by atoms with Crippen molar-refractivity contribution < 1.29 is 23.8 Å². The molecule has 0 atom stereocenters. The molecule has 0 saturated heterocycles. The van der Waals surface area contributed by atoms with Crippen molar-refractivity contribution in [2.75, 3.05) is 14.2 Å². The number of hydrogen-bond donors (Lipinski definition) is 1. The average Bonchev–Trinajstić information content (AvgIpc) is 2.80. The van der Waals surface area contributed by atoms with Crippen LogP contribution in [0.3, 0.4) is 0 Å². The highest BCUT2D eigenvalue weighted by Crippen LogP contribution is 2.28. The minimum absolute atomic E-state index is 0.283. The number of esters is 1. The first-order chi connectivity index (χ1) is 15.0. The normalized spacial score (nSPS) is 10.5. The summed E-state index contributed by atoms with van der Waals surface area (Å²) < 4.78 is 15.9. The quantitative estimate of drug-likeness (QED) is 0.271. The summed E-state index contributed by atoms with van der Waals surface area (Å²) in [6.45, 7) is 1.94. The SMILES string of the molecule is COc1cccc(C(=O)N/N=C\c2ccc(OC(=O)c3ccc(C)cc3)c(OC)c2)c1. The first-order valence-corrected chi connectivity index (χ1v) is 9.44. The molecule has 7 nitrogen and oxygen atoms in total. The fourth-order valence-electron chi connectivity index (χ4n) is 2.69. The monoisotopic (exact) mass is 418 g/mol. The summed E-state index contributed by atoms with van der Waals surface area (Å²) in [5, 5.41) is 3.97. The molecule has 7 heteroatoms. The molecule has 3 aromatic carbocycles. The maximum absolute atomic E-state index is 12.3. The van der Waals surface area contributed by atoms with Crippen molar-refractivity contribution in [2.45, 2.75) is 6.92 Å². The molecule has 0 saturated carbocycles. The molecule has 3 aromatic rings. The van der Waals surface area contributed by atoms with Crippen molar-refractivity contribution in [1.29, 1.82) is 0 Å². The predicted octanol–water partition coefficient (Wildman–Crippen LogP) is 4.00. The van der Waals surface area contributed by atoms with E-state index in [1.165, 1.54) is 20.4 Å². The number of carbonyl (C=O) groups is 2. The molecule has 0 aliphatic carbocycles. The van der Waals surface area contributed by atoms with Crippen LogP contribution in [0.2, 0.25) is 0 Å². The summed E-state index contributed by atoms with van der Waals surface area (Å²) in [4.78, 5) is 24.5. The van der Waals surface area contributed by atoms with E-state index in [4.69, 9.17) is 14.2 Å². The van der Waals surface area contributed by atoms with Gasteiger partial charge in [0.25, 0.3) is 5.91 Å². The Balaban J connectivity index is 1.66. The van der Waals surface area contributed by atoms with E-state index in [0.29, 0.717) is 28.2 Å². The minimum Gasteiger partial charge on any atom is -0.497 e. The van der Waals surface area contributed by atoms with Gasteiger partial charge in [-0.05, 0) is 61.0 Å². The molecule has 0 fully saturated rings. The summed E-state index contributed by atoms with van der Waals surface area (Å²) in [5.41, 5.74) is 5.03. The fourth-order valence-corrected chi connectivity index (χ4v) is 2.69. The third-order valence-corrected chi connectivity index (χ3v) is 4.39. The van der Waals surface area contributed by atoms with Gasteiger partial charge in [-0.3, -0.25) is 4.79 Å². The zero-order valence-electron chi connectivity index (χ0n) is 17.4. The van der Waals surface area contributed by atoms with Crippen LogP contribution in [0.25, 0.3) is 0 Å². The number of methoxy groups -OCH3 is 2. The minimum atomic E-state index is -0.481. The van der Waals surface area contributed by atoms with E-state index in [-0.39, 0.29) is 11.7 Å². The third kappa shape index (κ3) is 5.70. The molecule has 0 heterocycles. The first-order valence-electron chi connectivity index (χ1n) is 9.44. The van der Waals surface area contributed by atoms with E-state index in [2.05, 4.69) is 10.5 Å². The lowest BCUT2D eigenvalue weighted by molar-refractivity contribution is 0.0729. The first kappa shape index (κ1) is 21.6. The van der Waals surface area contributed by atoms with Crippen LogP contribution >= 0.6 is 0 Å². The van der Waals surface area contributed by atoms with Crippen LogP contribution in [0, 0.1) is 6.92 Å². The second kappa shape index (κ2) is 10.1. The molecule has 0 aliphatic rings. The Morgan fingerprint density at radius 1 is 0.871 bits per heavy atom. The van der Waals surface area contributed by atoms with E-state index < -0.39 is 5.97 Å². The highest BCUT2D eigenvalue weighted by atomic mass is 16.6. The van der Waals surface area contributed by atoms with Gasteiger partial charge in [0.1, 0.15) is 5.75 Å². The van der Waals surface area contributed by atoms with Crippen LogP contribution in [0.4, 0.5) is 0 Å². The maximum atomic E-state index is 12.3. The molecule has 0 bridgehead atoms. The Bertz CT molecular complexity index is 1110. The molecule has 3 rings (SSSR count). The topological polar surface area (TPSA) is 86.2 Å². The lowest BCUT2D eigenvalue weighted by Gasteiger charge is -2.10. The Hall–Kier alpha value is -4.13. The lowest BCUT2D eigenvalue weighted by Crippen LogP contribution is -2.17. The molecule has 0 radical (unpaired) electrons. The molecule has 158 valence electrons. The number of ether oxygens (including phenoxy) is 3. The molecule has 0 spiro atoms. The van der Waals surface area contributed by atoms with Crippen LogP contribution in [0.15, 0.2) is 71.8 Å². The number of nitrogens with one attached hydrogen (secondary N) is 1. The van der Waals surface area contributed by atoms with Gasteiger partial charge in [-0.1, -0.05) is 23.8 Å². The van der Waals surface area contributed by atoms with Crippen LogP contribution < -0.4 is 19.6 Å². The number of nitrogens with zero attached hydrogens (tertiary/aromatic N) is 1. The van der Waals surface area contributed by atoms with Crippen molar-refractivity contribution in [3.63, 3.8) is 0 Å². The number of amides is 1. The smallest absolute Gasteiger partial charge is 0.343 e. The van der Waals surface area contributed by atoms with Crippen molar-refractivity contribution in [2.24, 2.45) is 5.10 Å². The van der Waals surface area contributed by atoms with Gasteiger partial charge in [0.05, 0.1) is 26.0 Å². The van der Waals surface area contributed by atoms with Gasteiger partial charge in [0, 0.05) is 5.56 Å². The van der Waals surface area contributed by atoms with E-state index in [0.717, 1.165) is 5.56 Å². The number of hydrazone groups is 1. The maximum Gasteiger partial charge on any atom is 0.343 e. The van der Waals surface area contributed by atoms with Crippen molar-refractivity contribution in [3.05, 3.63) is 89.0 Å². The Labute approximate surface area is 180 Å². The summed E-state index contributed by atoms with van der Waals surface area (Å²) in [6, 6.07) is 18.8. The second-order valence-corrected chi connectivity index (χ2v) is 6.60. The molecule has 0 aromatic heterocycles. The number of carbonyl (C=O) groups excluding carboxylic acids is 2. The summed E-state index contributed by atoms with van der Waals surface area (Å²) in [5.74, 6) is 0.377. The van der Waals surface area contributed by atoms with Crippen LogP contribution in [-0.4, -0.2) is 32.3 Å². The highest BCUT2D eigenvalue weighted by Gasteiger charge is 2.13. The number of aryl methyl sites for hydroxylation is 1. The van der Waals surface area contributed by atoms with Crippen molar-refractivity contribution >= 4 is 18.1 Å². The molecule has 1 amide bonds. The van der Waals surface area contributed by atoms with Gasteiger partial charge in [0.15, 0.2) is 11.5 Å². The van der Waals surface area contributed by atoms with E-state index in [1.807, 2.05) is 19.1 Å². The summed E-state index contributed by atoms with van der Waals surface area (Å²) >= 11 is 0. The summed E-state index contributed by atoms with van der Waals surface area (Å²) in [7, 11) is 3.01. The second-order valence-electron chi connectivity index (χ2n) is 6.60. The van der Waals surface area contributed by atoms with Gasteiger partial charge < -0.3 is 14.2 Å². The van der Waals surface area contributed by atoms with Crippen molar-refractivity contribution in [3.8, 4) is 17.2 Å². The number of benzene rings is 3. The highest BCUT2D eigenvalue weighted by molar-refractivity contribution is 5.95. The van der Waals surface area contributed by atoms with Crippen molar-refractivity contribution in [1.82, 2.24) is 5.43 Å². The fraction of sp³-hybridized carbons (Fsp3) is 0.125. The number of hydrogen-bond acceptors (Lipinski definition) is 6. The zero-order valence-corrected chi connectivity index (χ0v) is 17.4. The van der Waals surface area contributed by atoms with Gasteiger partial charge >= 0.3 is 5.97 Å². The van der Waals surface area contributed by atoms with Gasteiger partial charge in [-0.25, -0.2) is 10.2 Å². The van der Waals surface area contributed by atoms with E-state index in [9.17, 15) is 9.59 Å². The molecule has 0 aliphatic heterocycles. The molecular weight excluding hydrogens is 396 g/mol. The van der Waals surface area contributed by atoms with Crippen LogP contribution in [0.1, 0.15) is 31.8 Å². The largest absolute Gasteiger partial charge is 0.497 e. The molecule has 1 N–H and O–H groups in total. The van der Waals surface area contributed by atoms with Gasteiger partial charge in [0.2, 0.25) is 0 Å². The molecular formula is C24H22N2O5. The Kier molecular flexibility index (Phi) is 7.01.